The topological polar surface area (TPSA) is 66.4 Å². The number of benzene rings is 2. The zero-order valence-electron chi connectivity index (χ0n) is 13.2. The summed E-state index contributed by atoms with van der Waals surface area (Å²) in [6.45, 7) is 5.97. The molecule has 23 heavy (non-hydrogen) atoms. The number of nitrogens with one attached hydrogen (secondary N) is 1. The fourth-order valence-corrected chi connectivity index (χ4v) is 3.02. The molecule has 0 unspecified atom stereocenters. The molecule has 0 saturated heterocycles. The van der Waals surface area contributed by atoms with Crippen LogP contribution in [0.3, 0.4) is 0 Å². The molecule has 0 saturated carbocycles. The van der Waals surface area contributed by atoms with Gasteiger partial charge in [0.2, 0.25) is 11.6 Å². The molecule has 4 nitrogen and oxygen atoms in total. The van der Waals surface area contributed by atoms with Crippen LogP contribution in [-0.2, 0) is 4.79 Å². The molecule has 0 bridgehead atoms. The van der Waals surface area contributed by atoms with Gasteiger partial charge in [-0.05, 0) is 44.0 Å². The standard InChI is InChI=1S/C19H17NO3/c1-10-7-11(2)18(12(3)8-10)20-14-9-16(22)19(23)13-5-4-6-15(21)17(13)14/h4-9,20-21H,1-3H3. The molecule has 116 valence electrons. The molecular formula is C19H17NO3. The van der Waals surface area contributed by atoms with Crippen molar-refractivity contribution in [1.82, 2.24) is 0 Å². The smallest absolute Gasteiger partial charge is 0.233 e. The lowest BCUT2D eigenvalue weighted by Crippen LogP contribution is -2.21. The quantitative estimate of drug-likeness (QED) is 0.833. The Morgan fingerprint density at radius 1 is 1.00 bits per heavy atom. The Kier molecular flexibility index (Phi) is 3.52. The lowest BCUT2D eigenvalue weighted by molar-refractivity contribution is -0.111. The van der Waals surface area contributed by atoms with Gasteiger partial charge in [0.15, 0.2) is 0 Å². The van der Waals surface area contributed by atoms with E-state index >= 15 is 0 Å². The number of hydrogen-bond donors (Lipinski definition) is 2. The summed E-state index contributed by atoms with van der Waals surface area (Å²) in [7, 11) is 0. The number of Topliss-reactive ketones (excluding diaryl/α,β-unsaturated/α-hetero) is 1. The lowest BCUT2D eigenvalue weighted by Gasteiger charge is -2.21. The zero-order chi connectivity index (χ0) is 16.7. The van der Waals surface area contributed by atoms with Crippen LogP contribution in [0.25, 0.3) is 5.70 Å². The van der Waals surface area contributed by atoms with Crippen LogP contribution in [0.2, 0.25) is 0 Å². The predicted octanol–water partition coefficient (Wildman–Crippen LogP) is 3.54. The van der Waals surface area contributed by atoms with Crippen molar-refractivity contribution < 1.29 is 14.7 Å². The van der Waals surface area contributed by atoms with Crippen molar-refractivity contribution >= 4 is 23.0 Å². The highest BCUT2D eigenvalue weighted by atomic mass is 16.3. The summed E-state index contributed by atoms with van der Waals surface area (Å²) in [6.07, 6.45) is 1.25. The van der Waals surface area contributed by atoms with Crippen molar-refractivity contribution in [2.45, 2.75) is 20.8 Å². The van der Waals surface area contributed by atoms with Crippen LogP contribution >= 0.6 is 0 Å². The molecule has 2 aromatic rings. The predicted molar refractivity (Wildman–Crippen MR) is 89.7 cm³/mol. The average molecular weight is 307 g/mol. The van der Waals surface area contributed by atoms with Crippen LogP contribution in [0, 0.1) is 20.8 Å². The van der Waals surface area contributed by atoms with Gasteiger partial charge in [0.1, 0.15) is 5.75 Å². The minimum absolute atomic E-state index is 0.0236. The van der Waals surface area contributed by atoms with Crippen LogP contribution in [0.5, 0.6) is 5.75 Å². The van der Waals surface area contributed by atoms with Crippen LogP contribution in [0.15, 0.2) is 36.4 Å². The van der Waals surface area contributed by atoms with E-state index in [9.17, 15) is 14.7 Å². The Morgan fingerprint density at radius 2 is 1.65 bits per heavy atom. The largest absolute Gasteiger partial charge is 0.507 e. The van der Waals surface area contributed by atoms with Crippen molar-refractivity contribution in [3.63, 3.8) is 0 Å². The van der Waals surface area contributed by atoms with Crippen molar-refractivity contribution in [3.8, 4) is 5.75 Å². The van der Waals surface area contributed by atoms with Crippen LogP contribution in [0.1, 0.15) is 32.6 Å². The number of carbonyl (C=O) groups is 2. The van der Waals surface area contributed by atoms with E-state index in [2.05, 4.69) is 5.32 Å². The van der Waals surface area contributed by atoms with Gasteiger partial charge in [-0.1, -0.05) is 23.8 Å². The number of aryl methyl sites for hydroxylation is 3. The van der Waals surface area contributed by atoms with Gasteiger partial charge in [-0.3, -0.25) is 9.59 Å². The van der Waals surface area contributed by atoms with Gasteiger partial charge < -0.3 is 10.4 Å². The molecule has 0 fully saturated rings. The third-order valence-electron chi connectivity index (χ3n) is 3.99. The molecule has 1 aliphatic carbocycles. The summed E-state index contributed by atoms with van der Waals surface area (Å²) >= 11 is 0. The monoisotopic (exact) mass is 307 g/mol. The number of carbonyl (C=O) groups excluding carboxylic acids is 2. The number of ketones is 2. The summed E-state index contributed by atoms with van der Waals surface area (Å²) in [5.74, 6) is -1.21. The number of aromatic hydroxyl groups is 1. The highest BCUT2D eigenvalue weighted by molar-refractivity contribution is 6.51. The first kappa shape index (κ1) is 15.0. The van der Waals surface area contributed by atoms with Gasteiger partial charge in [0.05, 0.1) is 11.3 Å². The first-order valence-electron chi connectivity index (χ1n) is 7.36. The van der Waals surface area contributed by atoms with Crippen molar-refractivity contribution in [2.24, 2.45) is 0 Å². The molecule has 0 spiro atoms. The third kappa shape index (κ3) is 2.52. The van der Waals surface area contributed by atoms with Crippen molar-refractivity contribution in [2.75, 3.05) is 5.32 Å². The number of fused-ring (bicyclic) bond motifs is 1. The minimum atomic E-state index is -0.598. The third-order valence-corrected chi connectivity index (χ3v) is 3.99. The fraction of sp³-hybridized carbons (Fsp3) is 0.158. The highest BCUT2D eigenvalue weighted by Gasteiger charge is 2.28. The van der Waals surface area contributed by atoms with Gasteiger partial charge in [0.25, 0.3) is 0 Å². The number of hydrogen-bond acceptors (Lipinski definition) is 4. The van der Waals surface area contributed by atoms with E-state index in [1.54, 1.807) is 12.1 Å². The van der Waals surface area contributed by atoms with Crippen LogP contribution < -0.4 is 5.32 Å². The van der Waals surface area contributed by atoms with Crippen molar-refractivity contribution in [3.05, 3.63) is 64.2 Å². The molecule has 0 heterocycles. The van der Waals surface area contributed by atoms with Crippen LogP contribution in [0.4, 0.5) is 5.69 Å². The maximum atomic E-state index is 12.0. The maximum Gasteiger partial charge on any atom is 0.233 e. The molecule has 2 N–H and O–H groups in total. The first-order valence-corrected chi connectivity index (χ1v) is 7.36. The van der Waals surface area contributed by atoms with Crippen molar-refractivity contribution in [1.29, 1.82) is 0 Å². The SMILES string of the molecule is Cc1cc(C)c(NC2=CC(=O)C(=O)c3cccc(O)c32)c(C)c1. The second-order valence-electron chi connectivity index (χ2n) is 5.85. The fourth-order valence-electron chi connectivity index (χ4n) is 3.02. The lowest BCUT2D eigenvalue weighted by atomic mass is 9.91. The van der Waals surface area contributed by atoms with E-state index in [0.717, 1.165) is 22.4 Å². The van der Waals surface area contributed by atoms with E-state index < -0.39 is 11.6 Å². The van der Waals surface area contributed by atoms with Gasteiger partial charge in [0, 0.05) is 17.3 Å². The molecule has 2 aromatic carbocycles. The van der Waals surface area contributed by atoms with Crippen LogP contribution in [-0.4, -0.2) is 16.7 Å². The minimum Gasteiger partial charge on any atom is -0.507 e. The summed E-state index contributed by atoms with van der Waals surface area (Å²) < 4.78 is 0. The summed E-state index contributed by atoms with van der Waals surface area (Å²) in [4.78, 5) is 24.0. The van der Waals surface area contributed by atoms with Gasteiger partial charge >= 0.3 is 0 Å². The Labute approximate surface area is 134 Å². The second-order valence-corrected chi connectivity index (χ2v) is 5.85. The Bertz CT molecular complexity index is 855. The molecule has 0 radical (unpaired) electrons. The maximum absolute atomic E-state index is 12.0. The summed E-state index contributed by atoms with van der Waals surface area (Å²) in [6, 6.07) is 8.70. The second kappa shape index (κ2) is 5.39. The molecule has 0 atom stereocenters. The number of anilines is 1. The highest BCUT2D eigenvalue weighted by Crippen LogP contribution is 2.35. The Balaban J connectivity index is 2.13. The molecule has 0 aromatic heterocycles. The van der Waals surface area contributed by atoms with E-state index in [1.165, 1.54) is 12.1 Å². The van der Waals surface area contributed by atoms with E-state index in [4.69, 9.17) is 0 Å². The average Bonchev–Trinajstić information content (AvgIpc) is 2.47. The number of phenolic OH excluding ortho intramolecular Hbond substituents is 1. The molecule has 0 amide bonds. The molecule has 0 aliphatic heterocycles. The normalized spacial score (nSPS) is 13.6. The Morgan fingerprint density at radius 3 is 2.30 bits per heavy atom. The van der Waals surface area contributed by atoms with Gasteiger partial charge in [-0.15, -0.1) is 0 Å². The van der Waals surface area contributed by atoms with E-state index in [0.29, 0.717) is 11.3 Å². The van der Waals surface area contributed by atoms with Gasteiger partial charge in [-0.2, -0.15) is 0 Å². The molecule has 1 aliphatic rings. The van der Waals surface area contributed by atoms with Gasteiger partial charge in [-0.25, -0.2) is 0 Å². The number of rotatable bonds is 2. The number of allylic oxidation sites excluding steroid dienone is 1. The first-order chi connectivity index (χ1) is 10.9. The Hall–Kier alpha value is -2.88. The van der Waals surface area contributed by atoms with E-state index in [1.807, 2.05) is 32.9 Å². The summed E-state index contributed by atoms with van der Waals surface area (Å²) in [5.41, 5.74) is 5.13. The summed E-state index contributed by atoms with van der Waals surface area (Å²) in [5, 5.41) is 13.4. The zero-order valence-corrected chi connectivity index (χ0v) is 13.2. The van der Waals surface area contributed by atoms with E-state index in [-0.39, 0.29) is 11.3 Å². The number of phenols is 1. The molecule has 4 heteroatoms. The molecule has 3 rings (SSSR count). The molecular weight excluding hydrogens is 290 g/mol.